The second-order valence-electron chi connectivity index (χ2n) is 3.83. The highest BCUT2D eigenvalue weighted by atomic mass is 19.1. The first-order chi connectivity index (χ1) is 8.72. The average Bonchev–Trinajstić information content (AvgIpc) is 2.81. The molecule has 6 heteroatoms. The zero-order valence-corrected chi connectivity index (χ0v) is 9.31. The minimum atomic E-state index is -0.625. The fraction of sp³-hybridized carbons (Fsp3) is 0. The largest absolute Gasteiger partial charge is 0.381 e. The van der Waals surface area contributed by atoms with E-state index in [0.29, 0.717) is 0 Å². The summed E-state index contributed by atoms with van der Waals surface area (Å²) in [6.45, 7) is 0. The van der Waals surface area contributed by atoms with Crippen LogP contribution in [0.3, 0.4) is 0 Å². The highest BCUT2D eigenvalue weighted by Gasteiger charge is 2.04. The number of fused-ring (bicyclic) bond motifs is 1. The Kier molecular flexibility index (Phi) is 2.33. The van der Waals surface area contributed by atoms with Crippen molar-refractivity contribution in [2.24, 2.45) is 0 Å². The van der Waals surface area contributed by atoms with Crippen LogP contribution >= 0.6 is 0 Å². The van der Waals surface area contributed by atoms with Crippen molar-refractivity contribution in [3.63, 3.8) is 0 Å². The quantitative estimate of drug-likeness (QED) is 0.645. The molecular formula is C12H10FN5. The standard InChI is InChI=1S/C12H10FN5/c13-9-6-16-12(18-11(9)14)17-8-2-1-7-3-4-15-10(7)5-8/h1-6,15H,(H3,14,16,17,18). The third-order valence-corrected chi connectivity index (χ3v) is 2.58. The molecule has 2 aromatic heterocycles. The van der Waals surface area contributed by atoms with Crippen LogP contribution in [0.25, 0.3) is 10.9 Å². The van der Waals surface area contributed by atoms with E-state index in [4.69, 9.17) is 5.73 Å². The fourth-order valence-electron chi connectivity index (χ4n) is 1.70. The molecule has 3 aromatic rings. The maximum atomic E-state index is 12.9. The van der Waals surface area contributed by atoms with Crippen molar-refractivity contribution in [2.45, 2.75) is 0 Å². The van der Waals surface area contributed by atoms with Crippen LogP contribution in [-0.4, -0.2) is 15.0 Å². The molecule has 0 saturated heterocycles. The van der Waals surface area contributed by atoms with Gasteiger partial charge in [-0.05, 0) is 23.6 Å². The molecule has 4 N–H and O–H groups in total. The van der Waals surface area contributed by atoms with Gasteiger partial charge in [0.1, 0.15) is 0 Å². The third kappa shape index (κ3) is 1.84. The van der Waals surface area contributed by atoms with E-state index >= 15 is 0 Å². The smallest absolute Gasteiger partial charge is 0.229 e. The predicted molar refractivity (Wildman–Crippen MR) is 68.0 cm³/mol. The Bertz CT molecular complexity index is 707. The molecule has 0 radical (unpaired) electrons. The van der Waals surface area contributed by atoms with Gasteiger partial charge < -0.3 is 16.0 Å². The molecule has 0 unspecified atom stereocenters. The molecule has 0 bridgehead atoms. The molecule has 0 aliphatic carbocycles. The second kappa shape index (κ2) is 3.99. The summed E-state index contributed by atoms with van der Waals surface area (Å²) >= 11 is 0. The van der Waals surface area contributed by atoms with Crippen LogP contribution < -0.4 is 11.1 Å². The van der Waals surface area contributed by atoms with Gasteiger partial charge >= 0.3 is 0 Å². The van der Waals surface area contributed by atoms with Crippen molar-refractivity contribution < 1.29 is 4.39 Å². The molecule has 0 fully saturated rings. The summed E-state index contributed by atoms with van der Waals surface area (Å²) in [5.41, 5.74) is 7.17. The van der Waals surface area contributed by atoms with Crippen LogP contribution in [0.2, 0.25) is 0 Å². The maximum Gasteiger partial charge on any atom is 0.229 e. The number of nitrogens with one attached hydrogen (secondary N) is 2. The van der Waals surface area contributed by atoms with E-state index in [9.17, 15) is 4.39 Å². The van der Waals surface area contributed by atoms with Crippen molar-refractivity contribution >= 4 is 28.4 Å². The number of nitrogens with zero attached hydrogens (tertiary/aromatic N) is 2. The number of hydrogen-bond acceptors (Lipinski definition) is 4. The monoisotopic (exact) mass is 243 g/mol. The van der Waals surface area contributed by atoms with Crippen LogP contribution in [0.5, 0.6) is 0 Å². The Morgan fingerprint density at radius 1 is 1.28 bits per heavy atom. The lowest BCUT2D eigenvalue weighted by atomic mass is 10.2. The van der Waals surface area contributed by atoms with Crippen LogP contribution in [-0.2, 0) is 0 Å². The van der Waals surface area contributed by atoms with Gasteiger partial charge in [-0.3, -0.25) is 0 Å². The normalized spacial score (nSPS) is 10.7. The number of nitrogens with two attached hydrogens (primary N) is 1. The molecule has 0 aliphatic rings. The zero-order valence-electron chi connectivity index (χ0n) is 9.31. The predicted octanol–water partition coefficient (Wildman–Crippen LogP) is 2.42. The molecule has 5 nitrogen and oxygen atoms in total. The van der Waals surface area contributed by atoms with Crippen molar-refractivity contribution in [3.05, 3.63) is 42.5 Å². The average molecular weight is 243 g/mol. The highest BCUT2D eigenvalue weighted by molar-refractivity contribution is 5.83. The van der Waals surface area contributed by atoms with Gasteiger partial charge in [0.25, 0.3) is 0 Å². The number of nitrogen functional groups attached to an aromatic ring is 1. The van der Waals surface area contributed by atoms with Gasteiger partial charge in [0.05, 0.1) is 6.20 Å². The van der Waals surface area contributed by atoms with Gasteiger partial charge in [-0.25, -0.2) is 9.37 Å². The summed E-state index contributed by atoms with van der Waals surface area (Å²) in [6.07, 6.45) is 2.90. The van der Waals surface area contributed by atoms with Gasteiger partial charge in [-0.1, -0.05) is 6.07 Å². The summed E-state index contributed by atoms with van der Waals surface area (Å²) in [5.74, 6) is -0.534. The fourth-order valence-corrected chi connectivity index (χ4v) is 1.70. The van der Waals surface area contributed by atoms with Crippen molar-refractivity contribution in [2.75, 3.05) is 11.1 Å². The molecule has 1 aromatic carbocycles. The molecule has 0 amide bonds. The number of hydrogen-bond donors (Lipinski definition) is 3. The summed E-state index contributed by atoms with van der Waals surface area (Å²) in [6, 6.07) is 7.74. The van der Waals surface area contributed by atoms with Crippen molar-refractivity contribution in [1.29, 1.82) is 0 Å². The summed E-state index contributed by atoms with van der Waals surface area (Å²) in [4.78, 5) is 10.7. The lowest BCUT2D eigenvalue weighted by Crippen LogP contribution is -2.02. The van der Waals surface area contributed by atoms with E-state index in [1.165, 1.54) is 0 Å². The van der Waals surface area contributed by atoms with Gasteiger partial charge in [0.15, 0.2) is 11.6 Å². The van der Waals surface area contributed by atoms with Crippen LogP contribution in [0.1, 0.15) is 0 Å². The maximum absolute atomic E-state index is 12.9. The molecule has 18 heavy (non-hydrogen) atoms. The van der Waals surface area contributed by atoms with Crippen LogP contribution in [0.4, 0.5) is 21.8 Å². The molecule has 0 saturated carbocycles. The molecule has 90 valence electrons. The highest BCUT2D eigenvalue weighted by Crippen LogP contribution is 2.20. The van der Waals surface area contributed by atoms with E-state index in [-0.39, 0.29) is 11.8 Å². The summed E-state index contributed by atoms with van der Waals surface area (Å²) in [5, 5.41) is 4.08. The minimum Gasteiger partial charge on any atom is -0.381 e. The van der Waals surface area contributed by atoms with E-state index in [0.717, 1.165) is 22.8 Å². The van der Waals surface area contributed by atoms with Crippen molar-refractivity contribution in [1.82, 2.24) is 15.0 Å². The Labute approximate surface area is 102 Å². The SMILES string of the molecule is Nc1nc(Nc2ccc3cc[nH]c3c2)ncc1F. The van der Waals surface area contributed by atoms with Gasteiger partial charge in [-0.15, -0.1) is 0 Å². The van der Waals surface area contributed by atoms with Crippen LogP contribution in [0.15, 0.2) is 36.7 Å². The Balaban J connectivity index is 1.92. The molecular weight excluding hydrogens is 233 g/mol. The first kappa shape index (κ1) is 10.5. The lowest BCUT2D eigenvalue weighted by Gasteiger charge is -2.05. The number of anilines is 3. The summed E-state index contributed by atoms with van der Waals surface area (Å²) in [7, 11) is 0. The first-order valence-corrected chi connectivity index (χ1v) is 5.34. The lowest BCUT2D eigenvalue weighted by molar-refractivity contribution is 0.620. The van der Waals surface area contributed by atoms with E-state index in [1.54, 1.807) is 0 Å². The Hall–Kier alpha value is -2.63. The third-order valence-electron chi connectivity index (χ3n) is 2.58. The van der Waals surface area contributed by atoms with E-state index < -0.39 is 5.82 Å². The Morgan fingerprint density at radius 2 is 2.17 bits per heavy atom. The van der Waals surface area contributed by atoms with Gasteiger partial charge in [0, 0.05) is 17.4 Å². The number of halogens is 1. The summed E-state index contributed by atoms with van der Waals surface area (Å²) < 4.78 is 12.9. The topological polar surface area (TPSA) is 79.6 Å². The van der Waals surface area contributed by atoms with E-state index in [2.05, 4.69) is 20.3 Å². The molecule has 0 atom stereocenters. The molecule has 0 spiro atoms. The first-order valence-electron chi connectivity index (χ1n) is 5.34. The number of aromatic amines is 1. The number of benzene rings is 1. The molecule has 0 aliphatic heterocycles. The zero-order chi connectivity index (χ0) is 12.5. The molecule has 3 rings (SSSR count). The molecule has 2 heterocycles. The van der Waals surface area contributed by atoms with Crippen LogP contribution in [0, 0.1) is 5.82 Å². The number of H-pyrrole nitrogens is 1. The van der Waals surface area contributed by atoms with Gasteiger partial charge in [0.2, 0.25) is 5.95 Å². The Morgan fingerprint density at radius 3 is 3.00 bits per heavy atom. The number of rotatable bonds is 2. The number of aromatic nitrogens is 3. The minimum absolute atomic E-state index is 0.173. The van der Waals surface area contributed by atoms with Crippen molar-refractivity contribution in [3.8, 4) is 0 Å². The van der Waals surface area contributed by atoms with Gasteiger partial charge in [-0.2, -0.15) is 4.98 Å². The second-order valence-corrected chi connectivity index (χ2v) is 3.83. The van der Waals surface area contributed by atoms with E-state index in [1.807, 2.05) is 30.5 Å².